The fourth-order valence-electron chi connectivity index (χ4n) is 2.43. The Morgan fingerprint density at radius 3 is 2.14 bits per heavy atom. The van der Waals surface area contributed by atoms with Crippen LogP contribution < -0.4 is 16.4 Å². The van der Waals surface area contributed by atoms with E-state index in [4.69, 9.17) is 15.2 Å². The van der Waals surface area contributed by atoms with E-state index in [1.165, 1.54) is 14.2 Å². The fourth-order valence-corrected chi connectivity index (χ4v) is 2.43. The molecule has 2 amide bonds. The number of esters is 1. The Morgan fingerprint density at radius 2 is 1.66 bits per heavy atom. The maximum atomic E-state index is 12.3. The largest absolute Gasteiger partial charge is 0.471 e. The van der Waals surface area contributed by atoms with Gasteiger partial charge in [-0.25, -0.2) is 4.79 Å². The zero-order valence-corrected chi connectivity index (χ0v) is 17.0. The third kappa shape index (κ3) is 10.4. The van der Waals surface area contributed by atoms with Crippen LogP contribution in [0, 0.1) is 5.92 Å². The van der Waals surface area contributed by atoms with E-state index in [0.29, 0.717) is 12.8 Å². The number of ether oxygens (including phenoxy) is 3. The predicted octanol–water partition coefficient (Wildman–Crippen LogP) is 0.465. The molecule has 4 N–H and O–H groups in total. The van der Waals surface area contributed by atoms with Crippen LogP contribution >= 0.6 is 0 Å². The van der Waals surface area contributed by atoms with Crippen molar-refractivity contribution in [3.8, 4) is 0 Å². The number of methoxy groups -OCH3 is 3. The summed E-state index contributed by atoms with van der Waals surface area (Å²) in [6, 6.07) is -2.22. The van der Waals surface area contributed by atoms with Gasteiger partial charge in [-0.1, -0.05) is 6.92 Å². The predicted molar refractivity (Wildman–Crippen MR) is 96.4 cm³/mol. The van der Waals surface area contributed by atoms with Gasteiger partial charge >= 0.3 is 18.1 Å². The first-order chi connectivity index (χ1) is 13.5. The Kier molecular flexibility index (Phi) is 12.4. The molecule has 0 spiro atoms. The smallest absolute Gasteiger partial charge is 0.467 e. The van der Waals surface area contributed by atoms with Gasteiger partial charge in [0.2, 0.25) is 5.91 Å². The Hall–Kier alpha value is -1.92. The lowest BCUT2D eigenvalue weighted by atomic mass is 9.98. The summed E-state index contributed by atoms with van der Waals surface area (Å²) < 4.78 is 51.5. The highest BCUT2D eigenvalue weighted by molar-refractivity contribution is 5.87. The summed E-state index contributed by atoms with van der Waals surface area (Å²) in [5.41, 5.74) is 5.90. The lowest BCUT2D eigenvalue weighted by Gasteiger charge is -2.23. The second-order valence-electron chi connectivity index (χ2n) is 6.47. The molecule has 170 valence electrons. The van der Waals surface area contributed by atoms with E-state index in [1.54, 1.807) is 12.2 Å². The molecular weight excluding hydrogens is 399 g/mol. The Morgan fingerprint density at radius 1 is 1.07 bits per heavy atom. The van der Waals surface area contributed by atoms with Crippen LogP contribution in [0.4, 0.5) is 13.2 Å². The number of carbonyl (C=O) groups is 3. The number of nitrogens with two attached hydrogens (primary N) is 1. The molecule has 3 atom stereocenters. The summed E-state index contributed by atoms with van der Waals surface area (Å²) in [5, 5.41) is 4.23. The third-order valence-corrected chi connectivity index (χ3v) is 4.27. The minimum atomic E-state index is -5.10. The molecule has 0 fully saturated rings. The van der Waals surface area contributed by atoms with Gasteiger partial charge in [0, 0.05) is 27.2 Å². The average molecular weight is 429 g/mol. The van der Waals surface area contributed by atoms with E-state index in [1.807, 2.05) is 0 Å². The lowest BCUT2D eigenvalue weighted by Crippen LogP contribution is -2.47. The maximum absolute atomic E-state index is 12.3. The molecule has 0 rings (SSSR count). The molecular formula is C17H30F3N3O6. The fraction of sp³-hybridized carbons (Fsp3) is 0.824. The molecule has 0 aliphatic carbocycles. The van der Waals surface area contributed by atoms with Crippen LogP contribution in [0.1, 0.15) is 32.6 Å². The Labute approximate surface area is 167 Å². The van der Waals surface area contributed by atoms with Crippen LogP contribution in [-0.2, 0) is 28.6 Å². The van der Waals surface area contributed by atoms with Gasteiger partial charge in [0.05, 0.1) is 13.2 Å². The van der Waals surface area contributed by atoms with Crippen molar-refractivity contribution >= 4 is 17.8 Å². The van der Waals surface area contributed by atoms with Gasteiger partial charge < -0.3 is 30.6 Å². The van der Waals surface area contributed by atoms with Gasteiger partial charge in [0.25, 0.3) is 0 Å². The summed E-state index contributed by atoms with van der Waals surface area (Å²) >= 11 is 0. The molecule has 0 bridgehead atoms. The lowest BCUT2D eigenvalue weighted by molar-refractivity contribution is -0.175. The van der Waals surface area contributed by atoms with Crippen LogP contribution in [0.2, 0.25) is 0 Å². The number of nitrogens with one attached hydrogen (secondary N) is 2. The number of hydrogen-bond acceptors (Lipinski definition) is 7. The van der Waals surface area contributed by atoms with Crippen molar-refractivity contribution in [2.45, 2.75) is 57.2 Å². The number of halogens is 3. The highest BCUT2D eigenvalue weighted by atomic mass is 19.4. The van der Waals surface area contributed by atoms with Crippen molar-refractivity contribution in [3.63, 3.8) is 0 Å². The van der Waals surface area contributed by atoms with Crippen molar-refractivity contribution in [1.82, 2.24) is 10.6 Å². The number of amides is 2. The summed E-state index contributed by atoms with van der Waals surface area (Å²) in [5.74, 6) is -3.81. The van der Waals surface area contributed by atoms with Crippen molar-refractivity contribution in [1.29, 1.82) is 0 Å². The minimum absolute atomic E-state index is 0.0732. The number of hydrogen-bond donors (Lipinski definition) is 3. The van der Waals surface area contributed by atoms with Crippen LogP contribution in [0.3, 0.4) is 0 Å². The maximum Gasteiger partial charge on any atom is 0.471 e. The van der Waals surface area contributed by atoms with E-state index >= 15 is 0 Å². The summed E-state index contributed by atoms with van der Waals surface area (Å²) in [6.07, 6.45) is -4.61. The quantitative estimate of drug-likeness (QED) is 0.220. The summed E-state index contributed by atoms with van der Waals surface area (Å²) in [7, 11) is 3.96. The Balaban J connectivity index is 4.37. The van der Waals surface area contributed by atoms with Gasteiger partial charge in [-0.3, -0.25) is 9.59 Å². The first-order valence-electron chi connectivity index (χ1n) is 9.02. The van der Waals surface area contributed by atoms with E-state index in [-0.39, 0.29) is 25.3 Å². The minimum Gasteiger partial charge on any atom is -0.467 e. The molecule has 9 nitrogen and oxygen atoms in total. The molecule has 0 radical (unpaired) electrons. The average Bonchev–Trinajstić information content (AvgIpc) is 2.68. The van der Waals surface area contributed by atoms with Crippen LogP contribution in [0.25, 0.3) is 0 Å². The molecule has 0 aliphatic rings. The monoisotopic (exact) mass is 429 g/mol. The molecule has 0 saturated carbocycles. The highest BCUT2D eigenvalue weighted by Crippen LogP contribution is 2.16. The second-order valence-corrected chi connectivity index (χ2v) is 6.47. The molecule has 29 heavy (non-hydrogen) atoms. The van der Waals surface area contributed by atoms with E-state index in [9.17, 15) is 27.6 Å². The third-order valence-electron chi connectivity index (χ3n) is 4.27. The zero-order valence-electron chi connectivity index (χ0n) is 17.0. The van der Waals surface area contributed by atoms with Crippen molar-refractivity contribution in [3.05, 3.63) is 0 Å². The molecule has 0 saturated heterocycles. The number of carbonyl (C=O) groups excluding carboxylic acids is 3. The molecule has 12 heteroatoms. The first-order valence-corrected chi connectivity index (χ1v) is 9.02. The number of unbranched alkanes of at least 4 members (excludes halogenated alkanes) is 1. The first kappa shape index (κ1) is 27.1. The van der Waals surface area contributed by atoms with Crippen LogP contribution in [-0.4, -0.2) is 70.2 Å². The van der Waals surface area contributed by atoms with Crippen molar-refractivity contribution in [2.24, 2.45) is 11.7 Å². The van der Waals surface area contributed by atoms with E-state index in [2.05, 4.69) is 10.1 Å². The SMILES string of the molecule is COC(=O)[C@H](CCCCNC(=O)[C@H](N)[C@H](C)CC(OC)OC)NC(=O)C(F)(F)F. The molecule has 0 heterocycles. The standard InChI is InChI=1S/C17H30F3N3O6/c1-10(9-12(27-2)28-3)13(21)14(24)22-8-6-5-7-11(15(25)29-4)23-16(26)17(18,19)20/h10-13H,5-9,21H2,1-4H3,(H,22,24)(H,23,26)/t10-,11+,13-/m1/s1. The van der Waals surface area contributed by atoms with Gasteiger partial charge in [0.15, 0.2) is 6.29 Å². The van der Waals surface area contributed by atoms with Gasteiger partial charge in [-0.05, 0) is 25.2 Å². The second kappa shape index (κ2) is 13.3. The molecule has 0 unspecified atom stereocenters. The molecule has 0 aliphatic heterocycles. The summed E-state index contributed by atoms with van der Waals surface area (Å²) in [6.45, 7) is 1.98. The number of alkyl halides is 3. The highest BCUT2D eigenvalue weighted by Gasteiger charge is 2.40. The Bertz CT molecular complexity index is 529. The van der Waals surface area contributed by atoms with E-state index < -0.39 is 42.3 Å². The summed E-state index contributed by atoms with van der Waals surface area (Å²) in [4.78, 5) is 34.6. The topological polar surface area (TPSA) is 129 Å². The van der Waals surface area contributed by atoms with Gasteiger partial charge in [-0.2, -0.15) is 13.2 Å². The molecule has 0 aromatic carbocycles. The van der Waals surface area contributed by atoms with E-state index in [0.717, 1.165) is 7.11 Å². The van der Waals surface area contributed by atoms with Crippen molar-refractivity contribution < 1.29 is 41.8 Å². The van der Waals surface area contributed by atoms with Gasteiger partial charge in [0.1, 0.15) is 6.04 Å². The van der Waals surface area contributed by atoms with Gasteiger partial charge in [-0.15, -0.1) is 0 Å². The van der Waals surface area contributed by atoms with Crippen LogP contribution in [0.15, 0.2) is 0 Å². The van der Waals surface area contributed by atoms with Crippen molar-refractivity contribution in [2.75, 3.05) is 27.9 Å². The number of rotatable bonds is 13. The molecule has 0 aromatic heterocycles. The zero-order chi connectivity index (χ0) is 22.6. The molecule has 0 aromatic rings. The normalized spacial score (nSPS) is 14.8. The van der Waals surface area contributed by atoms with Crippen LogP contribution in [0.5, 0.6) is 0 Å².